The highest BCUT2D eigenvalue weighted by Crippen LogP contribution is 2.29. The molecule has 0 amide bonds. The van der Waals surface area contributed by atoms with E-state index in [2.05, 4.69) is 87.3 Å². The van der Waals surface area contributed by atoms with E-state index in [1.165, 1.54) is 20.1 Å². The van der Waals surface area contributed by atoms with Crippen LogP contribution in [0.2, 0.25) is 0 Å². The van der Waals surface area contributed by atoms with E-state index in [0.717, 1.165) is 12.8 Å². The Labute approximate surface area is 126 Å². The van der Waals surface area contributed by atoms with Gasteiger partial charge >= 0.3 is 0 Å². The lowest BCUT2D eigenvalue weighted by Gasteiger charge is -2.13. The van der Waals surface area contributed by atoms with Crippen LogP contribution in [0.15, 0.2) is 57.5 Å². The first-order chi connectivity index (χ1) is 8.68. The fourth-order valence-electron chi connectivity index (χ4n) is 2.08. The normalized spacial score (nSPS) is 12.4. The minimum absolute atomic E-state index is 0.588. The molecule has 2 aromatic carbocycles. The van der Waals surface area contributed by atoms with Gasteiger partial charge in [0, 0.05) is 8.95 Å². The van der Waals surface area contributed by atoms with Gasteiger partial charge in [-0.1, -0.05) is 75.2 Å². The van der Waals surface area contributed by atoms with Crippen molar-refractivity contribution in [2.24, 2.45) is 0 Å². The predicted molar refractivity (Wildman–Crippen MR) is 85.0 cm³/mol. The molecule has 0 saturated carbocycles. The summed E-state index contributed by atoms with van der Waals surface area (Å²) in [7, 11) is 0. The Morgan fingerprint density at radius 1 is 0.889 bits per heavy atom. The van der Waals surface area contributed by atoms with E-state index in [-0.39, 0.29) is 0 Å². The fourth-order valence-corrected chi connectivity index (χ4v) is 3.48. The summed E-state index contributed by atoms with van der Waals surface area (Å²) in [5, 5.41) is 0. The van der Waals surface area contributed by atoms with Crippen LogP contribution in [0.4, 0.5) is 0 Å². The molecule has 2 heteroatoms. The molecule has 0 aromatic heterocycles. The Balaban J connectivity index is 2.04. The summed E-state index contributed by atoms with van der Waals surface area (Å²) >= 11 is 7.25. The average molecular weight is 368 g/mol. The summed E-state index contributed by atoms with van der Waals surface area (Å²) in [5.41, 5.74) is 2.78. The van der Waals surface area contributed by atoms with Crippen LogP contribution in [-0.4, -0.2) is 0 Å². The third-order valence-corrected chi connectivity index (χ3v) is 4.74. The molecule has 0 N–H and O–H groups in total. The Bertz CT molecular complexity index is 486. The van der Waals surface area contributed by atoms with Crippen LogP contribution in [0.3, 0.4) is 0 Å². The van der Waals surface area contributed by atoms with Crippen LogP contribution < -0.4 is 0 Å². The van der Waals surface area contributed by atoms with Gasteiger partial charge in [0.15, 0.2) is 0 Å². The van der Waals surface area contributed by atoms with E-state index in [1.54, 1.807) is 0 Å². The van der Waals surface area contributed by atoms with Crippen molar-refractivity contribution in [1.82, 2.24) is 0 Å². The van der Waals surface area contributed by atoms with Gasteiger partial charge in [-0.25, -0.2) is 0 Å². The van der Waals surface area contributed by atoms with Gasteiger partial charge < -0.3 is 0 Å². The second kappa shape index (κ2) is 6.53. The minimum atomic E-state index is 0.588. The lowest BCUT2D eigenvalue weighted by molar-refractivity contribution is 0.677. The molecule has 0 nitrogen and oxygen atoms in total. The molecule has 0 radical (unpaired) electrons. The summed E-state index contributed by atoms with van der Waals surface area (Å²) in [6, 6.07) is 17.0. The molecule has 0 aliphatic carbocycles. The molecule has 0 bridgehead atoms. The first-order valence-corrected chi connectivity index (χ1v) is 7.75. The van der Waals surface area contributed by atoms with Crippen LogP contribution in [-0.2, 0) is 6.42 Å². The summed E-state index contributed by atoms with van der Waals surface area (Å²) in [6.07, 6.45) is 2.24. The molecule has 2 rings (SSSR count). The standard InChI is InChI=1S/C16H16Br2/c1-12(13-6-3-2-4-7-13)10-11-14-15(17)8-5-9-16(14)18/h2-9,12H,10-11H2,1H3. The topological polar surface area (TPSA) is 0 Å². The van der Waals surface area contributed by atoms with E-state index < -0.39 is 0 Å². The van der Waals surface area contributed by atoms with Crippen molar-refractivity contribution in [2.75, 3.05) is 0 Å². The van der Waals surface area contributed by atoms with Crippen molar-refractivity contribution < 1.29 is 0 Å². The molecule has 0 aliphatic heterocycles. The van der Waals surface area contributed by atoms with Gasteiger partial charge in [-0.15, -0.1) is 0 Å². The van der Waals surface area contributed by atoms with Crippen molar-refractivity contribution in [3.8, 4) is 0 Å². The minimum Gasteiger partial charge on any atom is -0.0622 e. The van der Waals surface area contributed by atoms with Crippen molar-refractivity contribution in [2.45, 2.75) is 25.7 Å². The molecular weight excluding hydrogens is 352 g/mol. The van der Waals surface area contributed by atoms with E-state index >= 15 is 0 Å². The van der Waals surface area contributed by atoms with Gasteiger partial charge in [-0.05, 0) is 42.0 Å². The molecule has 2 aromatic rings. The lowest BCUT2D eigenvalue weighted by Crippen LogP contribution is -1.97. The summed E-state index contributed by atoms with van der Waals surface area (Å²) in [5.74, 6) is 0.588. The van der Waals surface area contributed by atoms with Crippen molar-refractivity contribution >= 4 is 31.9 Å². The summed E-state index contributed by atoms with van der Waals surface area (Å²) in [4.78, 5) is 0. The van der Waals surface area contributed by atoms with E-state index in [4.69, 9.17) is 0 Å². The highest BCUT2D eigenvalue weighted by molar-refractivity contribution is 9.11. The molecule has 1 atom stereocenters. The van der Waals surface area contributed by atoms with E-state index in [0.29, 0.717) is 5.92 Å². The molecule has 0 aliphatic rings. The van der Waals surface area contributed by atoms with Gasteiger partial charge in [0.05, 0.1) is 0 Å². The first-order valence-electron chi connectivity index (χ1n) is 6.16. The summed E-state index contributed by atoms with van der Waals surface area (Å²) in [6.45, 7) is 2.29. The maximum Gasteiger partial charge on any atom is 0.0218 e. The highest BCUT2D eigenvalue weighted by Gasteiger charge is 2.09. The van der Waals surface area contributed by atoms with Crippen LogP contribution >= 0.6 is 31.9 Å². The maximum atomic E-state index is 3.62. The zero-order chi connectivity index (χ0) is 13.0. The molecular formula is C16H16Br2. The van der Waals surface area contributed by atoms with Gasteiger partial charge in [-0.3, -0.25) is 0 Å². The molecule has 94 valence electrons. The Morgan fingerprint density at radius 2 is 1.50 bits per heavy atom. The zero-order valence-electron chi connectivity index (χ0n) is 10.4. The Kier molecular flexibility index (Phi) is 5.02. The second-order valence-electron chi connectivity index (χ2n) is 4.55. The van der Waals surface area contributed by atoms with Crippen LogP contribution in [0.1, 0.15) is 30.4 Å². The molecule has 0 fully saturated rings. The van der Waals surface area contributed by atoms with Crippen LogP contribution in [0.25, 0.3) is 0 Å². The zero-order valence-corrected chi connectivity index (χ0v) is 13.5. The number of benzene rings is 2. The molecule has 1 unspecified atom stereocenters. The number of hydrogen-bond acceptors (Lipinski definition) is 0. The lowest BCUT2D eigenvalue weighted by atomic mass is 9.94. The predicted octanol–water partition coefficient (Wildman–Crippen LogP) is 5.95. The molecule has 0 heterocycles. The van der Waals surface area contributed by atoms with Crippen LogP contribution in [0.5, 0.6) is 0 Å². The second-order valence-corrected chi connectivity index (χ2v) is 6.26. The molecule has 18 heavy (non-hydrogen) atoms. The fraction of sp³-hybridized carbons (Fsp3) is 0.250. The van der Waals surface area contributed by atoms with E-state index in [9.17, 15) is 0 Å². The van der Waals surface area contributed by atoms with Gasteiger partial charge in [-0.2, -0.15) is 0 Å². The van der Waals surface area contributed by atoms with Gasteiger partial charge in [0.2, 0.25) is 0 Å². The Morgan fingerprint density at radius 3 is 2.11 bits per heavy atom. The SMILES string of the molecule is CC(CCc1c(Br)cccc1Br)c1ccccc1. The summed E-state index contributed by atoms with van der Waals surface area (Å²) < 4.78 is 2.38. The smallest absolute Gasteiger partial charge is 0.0218 e. The van der Waals surface area contributed by atoms with Crippen molar-refractivity contribution in [3.63, 3.8) is 0 Å². The Hall–Kier alpha value is -0.600. The molecule has 0 saturated heterocycles. The number of halogens is 2. The number of hydrogen-bond donors (Lipinski definition) is 0. The van der Waals surface area contributed by atoms with Gasteiger partial charge in [0.25, 0.3) is 0 Å². The highest BCUT2D eigenvalue weighted by atomic mass is 79.9. The maximum absolute atomic E-state index is 3.62. The van der Waals surface area contributed by atoms with E-state index in [1.807, 2.05) is 0 Å². The quantitative estimate of drug-likeness (QED) is 0.626. The first kappa shape index (κ1) is 13.8. The monoisotopic (exact) mass is 366 g/mol. The third-order valence-electron chi connectivity index (χ3n) is 3.26. The molecule has 0 spiro atoms. The third kappa shape index (κ3) is 3.46. The average Bonchev–Trinajstić information content (AvgIpc) is 2.39. The van der Waals surface area contributed by atoms with Crippen molar-refractivity contribution in [3.05, 3.63) is 68.6 Å². The largest absolute Gasteiger partial charge is 0.0622 e. The van der Waals surface area contributed by atoms with Gasteiger partial charge in [0.1, 0.15) is 0 Å². The van der Waals surface area contributed by atoms with Crippen molar-refractivity contribution in [1.29, 1.82) is 0 Å². The van der Waals surface area contributed by atoms with Crippen LogP contribution in [0, 0.1) is 0 Å². The number of rotatable bonds is 4.